The molecule has 0 aliphatic carbocycles. The van der Waals surface area contributed by atoms with Crippen molar-refractivity contribution < 1.29 is 14.3 Å². The molecule has 0 saturated carbocycles. The molecule has 0 spiro atoms. The second-order valence-electron chi connectivity index (χ2n) is 5.02. The van der Waals surface area contributed by atoms with Crippen molar-refractivity contribution in [2.45, 2.75) is 13.2 Å². The van der Waals surface area contributed by atoms with Crippen LogP contribution in [-0.4, -0.2) is 23.9 Å². The van der Waals surface area contributed by atoms with Crippen molar-refractivity contribution >= 4 is 27.7 Å². The van der Waals surface area contributed by atoms with E-state index in [2.05, 4.69) is 21.0 Å². The Morgan fingerprint density at radius 2 is 1.83 bits per heavy atom. The number of halogens is 1. The molecule has 0 radical (unpaired) electrons. The van der Waals surface area contributed by atoms with Gasteiger partial charge >= 0.3 is 0 Å². The van der Waals surface area contributed by atoms with E-state index in [4.69, 9.17) is 9.47 Å². The van der Waals surface area contributed by atoms with Gasteiger partial charge in [-0.05, 0) is 48.5 Å². The lowest BCUT2D eigenvalue weighted by molar-refractivity contribution is -0.135. The van der Waals surface area contributed by atoms with Crippen molar-refractivity contribution in [1.29, 1.82) is 0 Å². The lowest BCUT2D eigenvalue weighted by Gasteiger charge is -2.19. The molecule has 23 heavy (non-hydrogen) atoms. The molecule has 0 saturated heterocycles. The number of amides is 1. The first-order chi connectivity index (χ1) is 11.1. The quantitative estimate of drug-likeness (QED) is 0.822. The SMILES string of the molecule is COc1ccc(C2OC(c3ccc(Br)cc3)=NN2C(C)=O)cc1. The fourth-order valence-corrected chi connectivity index (χ4v) is 2.53. The number of hydrazone groups is 1. The maximum Gasteiger partial charge on any atom is 0.243 e. The van der Waals surface area contributed by atoms with Crippen molar-refractivity contribution in [3.63, 3.8) is 0 Å². The van der Waals surface area contributed by atoms with Crippen LogP contribution in [0.15, 0.2) is 58.1 Å². The monoisotopic (exact) mass is 374 g/mol. The fourth-order valence-electron chi connectivity index (χ4n) is 2.26. The zero-order valence-corrected chi connectivity index (χ0v) is 14.3. The Kier molecular flexibility index (Phi) is 4.34. The minimum Gasteiger partial charge on any atom is -0.497 e. The summed E-state index contributed by atoms with van der Waals surface area (Å²) >= 11 is 3.39. The summed E-state index contributed by atoms with van der Waals surface area (Å²) in [6.07, 6.45) is -0.572. The Morgan fingerprint density at radius 1 is 1.17 bits per heavy atom. The van der Waals surface area contributed by atoms with Gasteiger partial charge in [-0.15, -0.1) is 5.10 Å². The van der Waals surface area contributed by atoms with Crippen LogP contribution in [0.2, 0.25) is 0 Å². The largest absolute Gasteiger partial charge is 0.497 e. The number of ether oxygens (including phenoxy) is 2. The van der Waals surface area contributed by atoms with Crippen molar-refractivity contribution in [2.24, 2.45) is 5.10 Å². The predicted molar refractivity (Wildman–Crippen MR) is 90.0 cm³/mol. The van der Waals surface area contributed by atoms with Gasteiger partial charge in [-0.2, -0.15) is 5.01 Å². The highest BCUT2D eigenvalue weighted by Gasteiger charge is 2.32. The third kappa shape index (κ3) is 3.22. The van der Waals surface area contributed by atoms with Crippen LogP contribution in [-0.2, 0) is 9.53 Å². The van der Waals surface area contributed by atoms with Crippen molar-refractivity contribution in [3.8, 4) is 5.75 Å². The topological polar surface area (TPSA) is 51.1 Å². The second-order valence-corrected chi connectivity index (χ2v) is 5.93. The van der Waals surface area contributed by atoms with E-state index in [1.54, 1.807) is 7.11 Å². The summed E-state index contributed by atoms with van der Waals surface area (Å²) < 4.78 is 12.0. The summed E-state index contributed by atoms with van der Waals surface area (Å²) in [5.41, 5.74) is 1.65. The zero-order chi connectivity index (χ0) is 16.4. The first-order valence-corrected chi connectivity index (χ1v) is 7.83. The fraction of sp³-hybridized carbons (Fsp3) is 0.176. The zero-order valence-electron chi connectivity index (χ0n) is 12.7. The average molecular weight is 375 g/mol. The summed E-state index contributed by atoms with van der Waals surface area (Å²) in [5, 5.41) is 5.67. The molecule has 6 heteroatoms. The molecule has 1 unspecified atom stereocenters. The number of nitrogens with zero attached hydrogens (tertiary/aromatic N) is 2. The summed E-state index contributed by atoms with van der Waals surface area (Å²) in [5.74, 6) is 0.988. The molecule has 5 nitrogen and oxygen atoms in total. The van der Waals surface area contributed by atoms with E-state index in [0.29, 0.717) is 5.90 Å². The molecule has 1 aliphatic rings. The molecule has 1 amide bonds. The van der Waals surface area contributed by atoms with Gasteiger partial charge in [-0.25, -0.2) is 0 Å². The van der Waals surface area contributed by atoms with Crippen molar-refractivity contribution in [2.75, 3.05) is 7.11 Å². The van der Waals surface area contributed by atoms with Gasteiger partial charge < -0.3 is 9.47 Å². The Balaban J connectivity index is 1.90. The van der Waals surface area contributed by atoms with Gasteiger partial charge in [0.15, 0.2) is 0 Å². The lowest BCUT2D eigenvalue weighted by Crippen LogP contribution is -2.25. The molecule has 1 atom stereocenters. The molecule has 3 rings (SSSR count). The van der Waals surface area contributed by atoms with Crippen LogP contribution in [0.3, 0.4) is 0 Å². The van der Waals surface area contributed by atoms with E-state index in [1.165, 1.54) is 11.9 Å². The molecule has 2 aromatic rings. The maximum atomic E-state index is 11.9. The lowest BCUT2D eigenvalue weighted by atomic mass is 10.2. The average Bonchev–Trinajstić information content (AvgIpc) is 3.01. The predicted octanol–water partition coefficient (Wildman–Crippen LogP) is 3.70. The molecule has 0 N–H and O–H groups in total. The van der Waals surface area contributed by atoms with Gasteiger partial charge in [0.05, 0.1) is 7.11 Å². The Hall–Kier alpha value is -2.34. The summed E-state index contributed by atoms with van der Waals surface area (Å²) in [6.45, 7) is 1.47. The van der Waals surface area contributed by atoms with E-state index in [1.807, 2.05) is 48.5 Å². The molecule has 2 aromatic carbocycles. The van der Waals surface area contributed by atoms with E-state index in [-0.39, 0.29) is 5.91 Å². The smallest absolute Gasteiger partial charge is 0.243 e. The number of hydrogen-bond donors (Lipinski definition) is 0. The number of hydrogen-bond acceptors (Lipinski definition) is 4. The van der Waals surface area contributed by atoms with E-state index >= 15 is 0 Å². The highest BCUT2D eigenvalue weighted by atomic mass is 79.9. The van der Waals surface area contributed by atoms with Gasteiger partial charge in [0.2, 0.25) is 18.0 Å². The third-order valence-corrected chi connectivity index (χ3v) is 3.99. The normalized spacial score (nSPS) is 16.7. The van der Waals surface area contributed by atoms with Crippen LogP contribution in [0.25, 0.3) is 0 Å². The standard InChI is InChI=1S/C17H15BrN2O3/c1-11(21)20-17(13-5-9-15(22-2)10-6-13)23-16(19-20)12-3-7-14(18)8-4-12/h3-10,17H,1-2H3. The molecule has 0 fully saturated rings. The minimum absolute atomic E-state index is 0.182. The van der Waals surface area contributed by atoms with Gasteiger partial charge in [0.1, 0.15) is 5.75 Å². The minimum atomic E-state index is -0.572. The van der Waals surface area contributed by atoms with Crippen LogP contribution in [0, 0.1) is 0 Å². The van der Waals surface area contributed by atoms with Gasteiger partial charge in [-0.1, -0.05) is 15.9 Å². The van der Waals surface area contributed by atoms with Crippen LogP contribution >= 0.6 is 15.9 Å². The van der Waals surface area contributed by atoms with Crippen LogP contribution in [0.4, 0.5) is 0 Å². The van der Waals surface area contributed by atoms with Crippen molar-refractivity contribution in [3.05, 3.63) is 64.1 Å². The molecule has 0 aromatic heterocycles. The van der Waals surface area contributed by atoms with Gasteiger partial charge in [0.25, 0.3) is 0 Å². The summed E-state index contributed by atoms with van der Waals surface area (Å²) in [6, 6.07) is 15.0. The summed E-state index contributed by atoms with van der Waals surface area (Å²) in [4.78, 5) is 11.9. The first-order valence-electron chi connectivity index (χ1n) is 7.03. The second kappa shape index (κ2) is 6.42. The first kappa shape index (κ1) is 15.6. The highest BCUT2D eigenvalue weighted by Crippen LogP contribution is 2.31. The van der Waals surface area contributed by atoms with Crippen LogP contribution < -0.4 is 4.74 Å². The van der Waals surface area contributed by atoms with E-state index in [0.717, 1.165) is 21.3 Å². The number of carbonyl (C=O) groups excluding carboxylic acids is 1. The van der Waals surface area contributed by atoms with E-state index < -0.39 is 6.23 Å². The molecule has 1 heterocycles. The Morgan fingerprint density at radius 3 is 2.39 bits per heavy atom. The number of rotatable bonds is 3. The molecular formula is C17H15BrN2O3. The Labute approximate surface area is 142 Å². The van der Waals surface area contributed by atoms with Gasteiger partial charge in [0, 0.05) is 22.5 Å². The number of carbonyl (C=O) groups is 1. The third-order valence-electron chi connectivity index (χ3n) is 3.46. The molecular weight excluding hydrogens is 360 g/mol. The number of benzene rings is 2. The van der Waals surface area contributed by atoms with Crippen LogP contribution in [0.1, 0.15) is 24.3 Å². The molecule has 118 valence electrons. The highest BCUT2D eigenvalue weighted by molar-refractivity contribution is 9.10. The Bertz CT molecular complexity index is 741. The summed E-state index contributed by atoms with van der Waals surface area (Å²) in [7, 11) is 1.61. The molecule has 1 aliphatic heterocycles. The van der Waals surface area contributed by atoms with Crippen molar-refractivity contribution in [1.82, 2.24) is 5.01 Å². The van der Waals surface area contributed by atoms with E-state index in [9.17, 15) is 4.79 Å². The van der Waals surface area contributed by atoms with Crippen LogP contribution in [0.5, 0.6) is 5.75 Å². The van der Waals surface area contributed by atoms with Gasteiger partial charge in [-0.3, -0.25) is 4.79 Å². The maximum absolute atomic E-state index is 11.9. The molecule has 0 bridgehead atoms. The number of methoxy groups -OCH3 is 1.